The molecule has 19 heavy (non-hydrogen) atoms. The number of nitrogens with zero attached hydrogens (tertiary/aromatic N) is 2. The zero-order chi connectivity index (χ0) is 13.7. The van der Waals surface area contributed by atoms with Crippen LogP contribution in [0.2, 0.25) is 0 Å². The van der Waals surface area contributed by atoms with Crippen molar-refractivity contribution in [1.29, 1.82) is 5.26 Å². The van der Waals surface area contributed by atoms with Crippen LogP contribution < -0.4 is 10.2 Å². The first-order valence-corrected chi connectivity index (χ1v) is 7.21. The number of nitriles is 1. The molecule has 0 atom stereocenters. The molecular weight excluding hydrogens is 234 g/mol. The average Bonchev–Trinajstić information content (AvgIpc) is 2.39. The maximum absolute atomic E-state index is 9.36. The molecule has 1 aliphatic rings. The lowest BCUT2D eigenvalue weighted by Gasteiger charge is -2.33. The van der Waals surface area contributed by atoms with Crippen molar-refractivity contribution in [2.75, 3.05) is 25.0 Å². The molecule has 0 saturated heterocycles. The van der Waals surface area contributed by atoms with Crippen molar-refractivity contribution < 1.29 is 0 Å². The molecule has 0 unspecified atom stereocenters. The Morgan fingerprint density at radius 1 is 1.42 bits per heavy atom. The fourth-order valence-corrected chi connectivity index (χ4v) is 2.65. The standard InChI is InChI=1S/C16H23N3/c1-3-19(12-13-5-4-6-13)16-8-7-14(11-18-2)9-15(16)10-17/h7-9,13,18H,3-6,11-12H2,1-2H3. The zero-order valence-electron chi connectivity index (χ0n) is 11.9. The summed E-state index contributed by atoms with van der Waals surface area (Å²) in [5.74, 6) is 0.823. The molecule has 1 saturated carbocycles. The van der Waals surface area contributed by atoms with Crippen molar-refractivity contribution in [3.8, 4) is 6.07 Å². The van der Waals surface area contributed by atoms with Crippen molar-refractivity contribution in [1.82, 2.24) is 5.32 Å². The predicted molar refractivity (Wildman–Crippen MR) is 79.1 cm³/mol. The van der Waals surface area contributed by atoms with Gasteiger partial charge in [0.25, 0.3) is 0 Å². The van der Waals surface area contributed by atoms with Crippen LogP contribution in [0.15, 0.2) is 18.2 Å². The summed E-state index contributed by atoms with van der Waals surface area (Å²) < 4.78 is 0. The zero-order valence-corrected chi connectivity index (χ0v) is 11.9. The van der Waals surface area contributed by atoms with Crippen molar-refractivity contribution in [3.05, 3.63) is 29.3 Å². The van der Waals surface area contributed by atoms with E-state index in [1.54, 1.807) is 0 Å². The second kappa shape index (κ2) is 6.58. The molecule has 0 spiro atoms. The maximum atomic E-state index is 9.36. The molecular formula is C16H23N3. The number of hydrogen-bond acceptors (Lipinski definition) is 3. The highest BCUT2D eigenvalue weighted by Gasteiger charge is 2.21. The van der Waals surface area contributed by atoms with Crippen LogP contribution in [0, 0.1) is 17.2 Å². The third-order valence-corrected chi connectivity index (χ3v) is 3.99. The van der Waals surface area contributed by atoms with E-state index in [9.17, 15) is 5.26 Å². The lowest BCUT2D eigenvalue weighted by molar-refractivity contribution is 0.318. The van der Waals surface area contributed by atoms with Crippen LogP contribution in [0.1, 0.15) is 37.3 Å². The van der Waals surface area contributed by atoms with Gasteiger partial charge in [0.05, 0.1) is 11.3 Å². The van der Waals surface area contributed by atoms with Crippen molar-refractivity contribution >= 4 is 5.69 Å². The summed E-state index contributed by atoms with van der Waals surface area (Å²) in [6.45, 7) is 5.04. The molecule has 0 aromatic heterocycles. The Hall–Kier alpha value is -1.53. The fraction of sp³-hybridized carbons (Fsp3) is 0.562. The van der Waals surface area contributed by atoms with Crippen molar-refractivity contribution in [2.24, 2.45) is 5.92 Å². The number of benzene rings is 1. The van der Waals surface area contributed by atoms with Gasteiger partial charge in [0.1, 0.15) is 6.07 Å². The molecule has 102 valence electrons. The SMILES string of the molecule is CCN(CC1CCC1)c1ccc(CNC)cc1C#N. The molecule has 1 aromatic carbocycles. The summed E-state index contributed by atoms with van der Waals surface area (Å²) in [5, 5.41) is 12.5. The van der Waals surface area contributed by atoms with Gasteiger partial charge in [0.2, 0.25) is 0 Å². The quantitative estimate of drug-likeness (QED) is 0.851. The van der Waals surface area contributed by atoms with Gasteiger partial charge in [0.15, 0.2) is 0 Å². The lowest BCUT2D eigenvalue weighted by Crippen LogP contribution is -2.32. The molecule has 1 aliphatic carbocycles. The summed E-state index contributed by atoms with van der Waals surface area (Å²) in [7, 11) is 1.93. The summed E-state index contributed by atoms with van der Waals surface area (Å²) in [6, 6.07) is 8.58. The van der Waals surface area contributed by atoms with Crippen LogP contribution in [-0.4, -0.2) is 20.1 Å². The molecule has 2 rings (SSSR count). The van der Waals surface area contributed by atoms with E-state index in [0.29, 0.717) is 0 Å². The summed E-state index contributed by atoms with van der Waals surface area (Å²) >= 11 is 0. The van der Waals surface area contributed by atoms with Crippen LogP contribution in [0.25, 0.3) is 0 Å². The minimum atomic E-state index is 0.800. The number of hydrogen-bond donors (Lipinski definition) is 1. The van der Waals surface area contributed by atoms with Gasteiger partial charge in [-0.15, -0.1) is 0 Å². The molecule has 0 radical (unpaired) electrons. The molecule has 1 N–H and O–H groups in total. The van der Waals surface area contributed by atoms with Gasteiger partial charge in [-0.2, -0.15) is 5.26 Å². The van der Waals surface area contributed by atoms with Crippen molar-refractivity contribution in [3.63, 3.8) is 0 Å². The van der Waals surface area contributed by atoms with Gasteiger partial charge in [0, 0.05) is 19.6 Å². The van der Waals surface area contributed by atoms with E-state index in [0.717, 1.165) is 36.8 Å². The van der Waals surface area contributed by atoms with E-state index >= 15 is 0 Å². The van der Waals surface area contributed by atoms with Gasteiger partial charge < -0.3 is 10.2 Å². The molecule has 1 fully saturated rings. The van der Waals surface area contributed by atoms with Gasteiger partial charge in [-0.05, 0) is 50.4 Å². The van der Waals surface area contributed by atoms with Crippen LogP contribution in [-0.2, 0) is 6.54 Å². The van der Waals surface area contributed by atoms with Gasteiger partial charge >= 0.3 is 0 Å². The van der Waals surface area contributed by atoms with Crippen LogP contribution in [0.4, 0.5) is 5.69 Å². The Kier molecular flexibility index (Phi) is 4.81. The third-order valence-electron chi connectivity index (χ3n) is 3.99. The summed E-state index contributed by atoms with van der Waals surface area (Å²) in [6.07, 6.45) is 4.06. The van der Waals surface area contributed by atoms with E-state index in [-0.39, 0.29) is 0 Å². The minimum Gasteiger partial charge on any atom is -0.370 e. The fourth-order valence-electron chi connectivity index (χ4n) is 2.65. The van der Waals surface area contributed by atoms with E-state index in [2.05, 4.69) is 35.3 Å². The largest absolute Gasteiger partial charge is 0.370 e. The van der Waals surface area contributed by atoms with Crippen molar-refractivity contribution in [2.45, 2.75) is 32.7 Å². The van der Waals surface area contributed by atoms with E-state index in [4.69, 9.17) is 0 Å². The Bertz CT molecular complexity index is 458. The topological polar surface area (TPSA) is 39.1 Å². The molecule has 0 amide bonds. The molecule has 0 bridgehead atoms. The Labute approximate surface area is 116 Å². The normalized spacial score (nSPS) is 14.8. The Balaban J connectivity index is 2.18. The number of anilines is 1. The molecule has 0 heterocycles. The lowest BCUT2D eigenvalue weighted by atomic mass is 9.85. The van der Waals surface area contributed by atoms with Gasteiger partial charge in [-0.25, -0.2) is 0 Å². The van der Waals surface area contributed by atoms with Crippen LogP contribution in [0.5, 0.6) is 0 Å². The average molecular weight is 257 g/mol. The first-order chi connectivity index (χ1) is 9.28. The second-order valence-corrected chi connectivity index (χ2v) is 5.33. The Morgan fingerprint density at radius 3 is 2.74 bits per heavy atom. The molecule has 3 heteroatoms. The number of rotatable bonds is 6. The molecule has 1 aromatic rings. The third kappa shape index (κ3) is 3.27. The van der Waals surface area contributed by atoms with Gasteiger partial charge in [-0.1, -0.05) is 12.5 Å². The maximum Gasteiger partial charge on any atom is 0.101 e. The summed E-state index contributed by atoms with van der Waals surface area (Å²) in [4.78, 5) is 2.35. The molecule has 0 aliphatic heterocycles. The van der Waals surface area contributed by atoms with Crippen LogP contribution in [0.3, 0.4) is 0 Å². The second-order valence-electron chi connectivity index (χ2n) is 5.33. The first-order valence-electron chi connectivity index (χ1n) is 7.21. The van der Waals surface area contributed by atoms with E-state index in [1.807, 2.05) is 13.1 Å². The molecule has 3 nitrogen and oxygen atoms in total. The van der Waals surface area contributed by atoms with Gasteiger partial charge in [-0.3, -0.25) is 0 Å². The van der Waals surface area contributed by atoms with E-state index < -0.39 is 0 Å². The first kappa shape index (κ1) is 13.9. The number of nitrogens with one attached hydrogen (secondary N) is 1. The summed E-state index contributed by atoms with van der Waals surface area (Å²) in [5.41, 5.74) is 3.06. The minimum absolute atomic E-state index is 0.800. The monoisotopic (exact) mass is 257 g/mol. The highest BCUT2D eigenvalue weighted by molar-refractivity contribution is 5.60. The smallest absolute Gasteiger partial charge is 0.101 e. The van der Waals surface area contributed by atoms with Crippen LogP contribution >= 0.6 is 0 Å². The highest BCUT2D eigenvalue weighted by atomic mass is 15.1. The Morgan fingerprint density at radius 2 is 2.21 bits per heavy atom. The highest BCUT2D eigenvalue weighted by Crippen LogP contribution is 2.30. The predicted octanol–water partition coefficient (Wildman–Crippen LogP) is 2.90. The van der Waals surface area contributed by atoms with E-state index in [1.165, 1.54) is 24.8 Å².